The Morgan fingerprint density at radius 3 is 2.57 bits per heavy atom. The van der Waals surface area contributed by atoms with E-state index < -0.39 is 5.97 Å². The Bertz CT molecular complexity index is 350. The molecule has 0 radical (unpaired) electrons. The Morgan fingerprint density at radius 1 is 1.43 bits per heavy atom. The van der Waals surface area contributed by atoms with Crippen molar-refractivity contribution in [1.29, 1.82) is 0 Å². The molecule has 0 aromatic heterocycles. The van der Waals surface area contributed by atoms with Gasteiger partial charge in [0.25, 0.3) is 0 Å². The van der Waals surface area contributed by atoms with E-state index in [2.05, 4.69) is 5.32 Å². The monoisotopic (exact) mass is 195 g/mol. The van der Waals surface area contributed by atoms with Crippen LogP contribution in [0.25, 0.3) is 0 Å². The first-order valence-electron chi connectivity index (χ1n) is 4.42. The van der Waals surface area contributed by atoms with Crippen molar-refractivity contribution < 1.29 is 14.3 Å². The van der Waals surface area contributed by atoms with Crippen LogP contribution in [0, 0.1) is 11.7 Å². The molecule has 2 N–H and O–H groups in total. The zero-order valence-corrected chi connectivity index (χ0v) is 7.40. The van der Waals surface area contributed by atoms with Crippen molar-refractivity contribution in [3.05, 3.63) is 30.1 Å². The standard InChI is InChI=1S/C10H10FNO2/c11-6-1-3-7(4-2-6)12-9-5-8(9)10(13)14/h1-4,8-9,12H,5H2,(H,13,14). The second-order valence-corrected chi connectivity index (χ2v) is 3.44. The summed E-state index contributed by atoms with van der Waals surface area (Å²) in [6.45, 7) is 0. The number of nitrogens with one attached hydrogen (secondary N) is 1. The highest BCUT2D eigenvalue weighted by molar-refractivity contribution is 5.75. The van der Waals surface area contributed by atoms with Crippen LogP contribution in [0.4, 0.5) is 10.1 Å². The summed E-state index contributed by atoms with van der Waals surface area (Å²) in [7, 11) is 0. The van der Waals surface area contributed by atoms with E-state index in [1.807, 2.05) is 0 Å². The Labute approximate surface area is 80.6 Å². The number of anilines is 1. The maximum atomic E-state index is 12.5. The molecule has 4 heteroatoms. The third-order valence-electron chi connectivity index (χ3n) is 2.30. The van der Waals surface area contributed by atoms with Crippen molar-refractivity contribution in [2.45, 2.75) is 12.5 Å². The van der Waals surface area contributed by atoms with Crippen LogP contribution in [0.1, 0.15) is 6.42 Å². The van der Waals surface area contributed by atoms with Gasteiger partial charge in [0.15, 0.2) is 0 Å². The second kappa shape index (κ2) is 3.29. The van der Waals surface area contributed by atoms with Gasteiger partial charge in [0.05, 0.1) is 5.92 Å². The van der Waals surface area contributed by atoms with Crippen LogP contribution >= 0.6 is 0 Å². The number of carboxylic acids is 1. The van der Waals surface area contributed by atoms with Gasteiger partial charge in [-0.25, -0.2) is 4.39 Å². The van der Waals surface area contributed by atoms with E-state index in [1.165, 1.54) is 12.1 Å². The molecule has 74 valence electrons. The molecule has 1 aromatic carbocycles. The second-order valence-electron chi connectivity index (χ2n) is 3.44. The van der Waals surface area contributed by atoms with Gasteiger partial charge < -0.3 is 10.4 Å². The fourth-order valence-corrected chi connectivity index (χ4v) is 1.39. The Hall–Kier alpha value is -1.58. The number of hydrogen-bond donors (Lipinski definition) is 2. The number of aliphatic carboxylic acids is 1. The highest BCUT2D eigenvalue weighted by atomic mass is 19.1. The van der Waals surface area contributed by atoms with E-state index in [-0.39, 0.29) is 17.8 Å². The van der Waals surface area contributed by atoms with E-state index in [9.17, 15) is 9.18 Å². The van der Waals surface area contributed by atoms with E-state index in [0.717, 1.165) is 5.69 Å². The summed E-state index contributed by atoms with van der Waals surface area (Å²) in [6.07, 6.45) is 0.646. The molecule has 0 aliphatic heterocycles. The molecular weight excluding hydrogens is 185 g/mol. The zero-order chi connectivity index (χ0) is 10.1. The molecule has 1 aliphatic carbocycles. The quantitative estimate of drug-likeness (QED) is 0.771. The topological polar surface area (TPSA) is 49.3 Å². The summed E-state index contributed by atoms with van der Waals surface area (Å²) in [6, 6.07) is 5.90. The summed E-state index contributed by atoms with van der Waals surface area (Å²) < 4.78 is 12.5. The predicted molar refractivity (Wildman–Crippen MR) is 49.6 cm³/mol. The largest absolute Gasteiger partial charge is 0.481 e. The highest BCUT2D eigenvalue weighted by Crippen LogP contribution is 2.33. The van der Waals surface area contributed by atoms with E-state index in [0.29, 0.717) is 6.42 Å². The summed E-state index contributed by atoms with van der Waals surface area (Å²) in [5.41, 5.74) is 0.764. The van der Waals surface area contributed by atoms with Crippen LogP contribution in [0.5, 0.6) is 0 Å². The SMILES string of the molecule is O=C(O)C1CC1Nc1ccc(F)cc1. The molecule has 0 bridgehead atoms. The van der Waals surface area contributed by atoms with Crippen molar-refractivity contribution in [3.63, 3.8) is 0 Å². The molecule has 2 rings (SSSR count). The summed E-state index contributed by atoms with van der Waals surface area (Å²) >= 11 is 0. The van der Waals surface area contributed by atoms with Crippen LogP contribution in [0.2, 0.25) is 0 Å². The normalized spacial score (nSPS) is 24.4. The van der Waals surface area contributed by atoms with Crippen LogP contribution < -0.4 is 5.32 Å². The van der Waals surface area contributed by atoms with Gasteiger partial charge >= 0.3 is 5.97 Å². The van der Waals surface area contributed by atoms with Gasteiger partial charge in [0.2, 0.25) is 0 Å². The van der Waals surface area contributed by atoms with Crippen molar-refractivity contribution in [3.8, 4) is 0 Å². The lowest BCUT2D eigenvalue weighted by Crippen LogP contribution is -2.09. The van der Waals surface area contributed by atoms with Gasteiger partial charge in [-0.1, -0.05) is 0 Å². The molecule has 0 spiro atoms. The minimum atomic E-state index is -0.774. The molecule has 1 saturated carbocycles. The lowest BCUT2D eigenvalue weighted by Gasteiger charge is -2.03. The van der Waals surface area contributed by atoms with E-state index in [4.69, 9.17) is 5.11 Å². The molecule has 3 nitrogen and oxygen atoms in total. The molecule has 2 unspecified atom stereocenters. The molecule has 2 atom stereocenters. The maximum Gasteiger partial charge on any atom is 0.308 e. The maximum absolute atomic E-state index is 12.5. The van der Waals surface area contributed by atoms with Gasteiger partial charge in [-0.3, -0.25) is 4.79 Å². The number of carbonyl (C=O) groups is 1. The molecular formula is C10H10FNO2. The van der Waals surface area contributed by atoms with Gasteiger partial charge in [-0.05, 0) is 30.7 Å². The van der Waals surface area contributed by atoms with Crippen molar-refractivity contribution >= 4 is 11.7 Å². The Morgan fingerprint density at radius 2 is 2.07 bits per heavy atom. The lowest BCUT2D eigenvalue weighted by molar-refractivity contribution is -0.138. The number of rotatable bonds is 3. The van der Waals surface area contributed by atoms with Gasteiger partial charge in [-0.2, -0.15) is 0 Å². The van der Waals surface area contributed by atoms with Crippen molar-refractivity contribution in [1.82, 2.24) is 0 Å². The Kier molecular flexibility index (Phi) is 2.11. The summed E-state index contributed by atoms with van der Waals surface area (Å²) in [4.78, 5) is 10.5. The van der Waals surface area contributed by atoms with Crippen LogP contribution in [-0.2, 0) is 4.79 Å². The molecule has 1 aromatic rings. The fraction of sp³-hybridized carbons (Fsp3) is 0.300. The first kappa shape index (κ1) is 8.99. The molecule has 14 heavy (non-hydrogen) atoms. The predicted octanol–water partition coefficient (Wildman–Crippen LogP) is 1.71. The number of carboxylic acid groups (broad SMARTS) is 1. The first-order valence-corrected chi connectivity index (χ1v) is 4.42. The van der Waals surface area contributed by atoms with Crippen molar-refractivity contribution in [2.75, 3.05) is 5.32 Å². The number of halogens is 1. The smallest absolute Gasteiger partial charge is 0.308 e. The van der Waals surface area contributed by atoms with Crippen LogP contribution in [0.15, 0.2) is 24.3 Å². The minimum Gasteiger partial charge on any atom is -0.481 e. The minimum absolute atomic E-state index is 0.00189. The van der Waals surface area contributed by atoms with Crippen LogP contribution in [-0.4, -0.2) is 17.1 Å². The summed E-state index contributed by atoms with van der Waals surface area (Å²) in [5, 5.41) is 11.7. The van der Waals surface area contributed by atoms with Crippen molar-refractivity contribution in [2.24, 2.45) is 5.92 Å². The summed E-state index contributed by atoms with van der Waals surface area (Å²) in [5.74, 6) is -1.36. The van der Waals surface area contributed by atoms with Gasteiger partial charge in [-0.15, -0.1) is 0 Å². The fourth-order valence-electron chi connectivity index (χ4n) is 1.39. The van der Waals surface area contributed by atoms with E-state index in [1.54, 1.807) is 12.1 Å². The highest BCUT2D eigenvalue weighted by Gasteiger charge is 2.43. The molecule has 1 aliphatic rings. The number of benzene rings is 1. The zero-order valence-electron chi connectivity index (χ0n) is 7.40. The molecule has 1 fully saturated rings. The van der Waals surface area contributed by atoms with Crippen LogP contribution in [0.3, 0.4) is 0 Å². The number of hydrogen-bond acceptors (Lipinski definition) is 2. The molecule has 0 saturated heterocycles. The lowest BCUT2D eigenvalue weighted by atomic mass is 10.3. The third-order valence-corrected chi connectivity index (χ3v) is 2.30. The van der Waals surface area contributed by atoms with Gasteiger partial charge in [0, 0.05) is 11.7 Å². The molecule has 0 heterocycles. The first-order chi connectivity index (χ1) is 6.66. The Balaban J connectivity index is 1.94. The average molecular weight is 195 g/mol. The van der Waals surface area contributed by atoms with E-state index >= 15 is 0 Å². The molecule has 0 amide bonds. The third kappa shape index (κ3) is 1.84. The average Bonchev–Trinajstić information content (AvgIpc) is 2.88. The van der Waals surface area contributed by atoms with Gasteiger partial charge in [0.1, 0.15) is 5.82 Å².